The summed E-state index contributed by atoms with van der Waals surface area (Å²) in [7, 11) is 0. The molecule has 1 amide bonds. The van der Waals surface area contributed by atoms with Crippen LogP contribution in [-0.2, 0) is 19.4 Å². The summed E-state index contributed by atoms with van der Waals surface area (Å²) in [4.78, 5) is 27.0. The lowest BCUT2D eigenvalue weighted by Gasteiger charge is -2.18. The molecule has 5 N–H and O–H groups in total. The van der Waals surface area contributed by atoms with Crippen molar-refractivity contribution in [3.63, 3.8) is 0 Å². The van der Waals surface area contributed by atoms with Crippen molar-refractivity contribution in [2.75, 3.05) is 6.61 Å². The van der Waals surface area contributed by atoms with Gasteiger partial charge in [0.15, 0.2) is 18.4 Å². The van der Waals surface area contributed by atoms with Gasteiger partial charge in [-0.1, -0.05) is 0 Å². The van der Waals surface area contributed by atoms with Crippen LogP contribution in [0.5, 0.6) is 0 Å². The Morgan fingerprint density at radius 1 is 1.40 bits per heavy atom. The summed E-state index contributed by atoms with van der Waals surface area (Å²) in [6, 6.07) is 0. The van der Waals surface area contributed by atoms with E-state index in [-0.39, 0.29) is 12.4 Å². The Labute approximate surface area is 111 Å². The fourth-order valence-electron chi connectivity index (χ4n) is 1.96. The number of ether oxygens (including phenoxy) is 1. The smallest absolute Gasteiger partial charge is 0.286 e. The van der Waals surface area contributed by atoms with Gasteiger partial charge in [0.25, 0.3) is 5.91 Å². The van der Waals surface area contributed by atoms with E-state index in [0.717, 1.165) is 11.0 Å². The molecule has 1 aromatic heterocycles. The Morgan fingerprint density at radius 2 is 2.10 bits per heavy atom. The SMILES string of the molecule is NC(=O)c1ncnn1[C@@H]1O[C@H](COO)[C@@H](OO)[C@H]1OO. The standard InChI is InChI=1S/C8H12N4O8/c9-6(13)7-10-2-11-12(7)8-5(20-16)4(19-15)3(18-8)1-17-14/h2-5,8,14-16H,1H2,(H2,9,13)/t3-,4-,5-,8-/m1/s1. The molecule has 0 unspecified atom stereocenters. The van der Waals surface area contributed by atoms with Gasteiger partial charge in [0.05, 0.1) is 0 Å². The first-order valence-electron chi connectivity index (χ1n) is 5.35. The molecule has 1 aliphatic heterocycles. The van der Waals surface area contributed by atoms with E-state index in [1.165, 1.54) is 0 Å². The first kappa shape index (κ1) is 14.7. The van der Waals surface area contributed by atoms with E-state index >= 15 is 0 Å². The number of hydrogen-bond acceptors (Lipinski definition) is 10. The lowest BCUT2D eigenvalue weighted by Crippen LogP contribution is -2.37. The number of carbonyl (C=O) groups excluding carboxylic acids is 1. The summed E-state index contributed by atoms with van der Waals surface area (Å²) in [5.41, 5.74) is 5.11. The zero-order valence-corrected chi connectivity index (χ0v) is 9.90. The highest BCUT2D eigenvalue weighted by molar-refractivity contribution is 5.88. The van der Waals surface area contributed by atoms with Crippen LogP contribution in [0.4, 0.5) is 0 Å². The topological polar surface area (TPSA) is 171 Å². The molecule has 1 aromatic rings. The average molecular weight is 292 g/mol. The van der Waals surface area contributed by atoms with Gasteiger partial charge in [-0.15, -0.1) is 0 Å². The molecule has 2 rings (SSSR count). The van der Waals surface area contributed by atoms with Gasteiger partial charge in [0, 0.05) is 0 Å². The Morgan fingerprint density at radius 3 is 2.65 bits per heavy atom. The summed E-state index contributed by atoms with van der Waals surface area (Å²) in [5.74, 6) is -1.13. The van der Waals surface area contributed by atoms with Crippen molar-refractivity contribution in [2.45, 2.75) is 24.5 Å². The van der Waals surface area contributed by atoms with Crippen molar-refractivity contribution in [2.24, 2.45) is 5.73 Å². The summed E-state index contributed by atoms with van der Waals surface area (Å²) in [6.45, 7) is -0.387. The second kappa shape index (κ2) is 6.19. The zero-order chi connectivity index (χ0) is 14.7. The molecular formula is C8H12N4O8. The van der Waals surface area contributed by atoms with Gasteiger partial charge in [0.1, 0.15) is 19.0 Å². The first-order valence-corrected chi connectivity index (χ1v) is 5.35. The summed E-state index contributed by atoms with van der Waals surface area (Å²) in [5, 5.41) is 29.9. The number of nitrogens with zero attached hydrogens (tertiary/aromatic N) is 3. The van der Waals surface area contributed by atoms with Crippen LogP contribution >= 0.6 is 0 Å². The van der Waals surface area contributed by atoms with Crippen LogP contribution in [0.1, 0.15) is 16.8 Å². The van der Waals surface area contributed by atoms with Crippen LogP contribution in [0.3, 0.4) is 0 Å². The highest BCUT2D eigenvalue weighted by Crippen LogP contribution is 2.33. The monoisotopic (exact) mass is 292 g/mol. The maximum atomic E-state index is 11.2. The lowest BCUT2D eigenvalue weighted by atomic mass is 10.1. The summed E-state index contributed by atoms with van der Waals surface area (Å²) < 4.78 is 6.29. The molecule has 12 heteroatoms. The number of rotatable bonds is 6. The maximum Gasteiger partial charge on any atom is 0.286 e. The molecule has 1 aliphatic rings. The number of nitrogens with two attached hydrogens (primary N) is 1. The van der Waals surface area contributed by atoms with Gasteiger partial charge in [-0.2, -0.15) is 5.10 Å². The molecule has 1 fully saturated rings. The van der Waals surface area contributed by atoms with E-state index in [4.69, 9.17) is 26.2 Å². The summed E-state index contributed by atoms with van der Waals surface area (Å²) in [6.07, 6.45) is -3.61. The second-order valence-electron chi connectivity index (χ2n) is 3.89. The van der Waals surface area contributed by atoms with E-state index in [1.54, 1.807) is 0 Å². The minimum Gasteiger partial charge on any atom is -0.363 e. The molecule has 0 aromatic carbocycles. The van der Waals surface area contributed by atoms with E-state index < -0.39 is 30.4 Å². The fraction of sp³-hybridized carbons (Fsp3) is 0.625. The zero-order valence-electron chi connectivity index (χ0n) is 9.90. The van der Waals surface area contributed by atoms with Crippen LogP contribution in [0.15, 0.2) is 6.33 Å². The molecule has 1 saturated heterocycles. The number of hydrogen-bond donors (Lipinski definition) is 4. The number of amides is 1. The van der Waals surface area contributed by atoms with E-state index in [1.807, 2.05) is 0 Å². The molecule has 0 spiro atoms. The van der Waals surface area contributed by atoms with Gasteiger partial charge in [0.2, 0.25) is 5.82 Å². The Kier molecular flexibility index (Phi) is 4.56. The van der Waals surface area contributed by atoms with Crippen LogP contribution in [-0.4, -0.2) is 61.4 Å². The van der Waals surface area contributed by atoms with Crippen LogP contribution in [0.25, 0.3) is 0 Å². The van der Waals surface area contributed by atoms with Gasteiger partial charge in [-0.25, -0.2) is 24.3 Å². The number of carbonyl (C=O) groups is 1. The maximum absolute atomic E-state index is 11.2. The highest BCUT2D eigenvalue weighted by atomic mass is 17.1. The quantitative estimate of drug-likeness (QED) is 0.356. The molecule has 2 heterocycles. The van der Waals surface area contributed by atoms with Crippen LogP contribution in [0.2, 0.25) is 0 Å². The van der Waals surface area contributed by atoms with Gasteiger partial charge in [-0.05, 0) is 0 Å². The predicted octanol–water partition coefficient (Wildman–Crippen LogP) is -1.52. The van der Waals surface area contributed by atoms with Gasteiger partial charge >= 0.3 is 0 Å². The van der Waals surface area contributed by atoms with Crippen LogP contribution < -0.4 is 5.73 Å². The fourth-order valence-corrected chi connectivity index (χ4v) is 1.96. The third-order valence-corrected chi connectivity index (χ3v) is 2.80. The molecule has 112 valence electrons. The minimum atomic E-state index is -1.26. The molecule has 12 nitrogen and oxygen atoms in total. The molecule has 4 atom stereocenters. The lowest BCUT2D eigenvalue weighted by molar-refractivity contribution is -0.357. The molecule has 0 bridgehead atoms. The summed E-state index contributed by atoms with van der Waals surface area (Å²) >= 11 is 0. The largest absolute Gasteiger partial charge is 0.363 e. The normalized spacial score (nSPS) is 29.8. The molecule has 0 aliphatic carbocycles. The van der Waals surface area contributed by atoms with E-state index in [2.05, 4.69) is 24.7 Å². The first-order chi connectivity index (χ1) is 9.63. The van der Waals surface area contributed by atoms with Crippen molar-refractivity contribution < 1.29 is 40.0 Å². The highest BCUT2D eigenvalue weighted by Gasteiger charge is 2.50. The molecule has 0 saturated carbocycles. The number of aromatic nitrogens is 3. The van der Waals surface area contributed by atoms with Crippen molar-refractivity contribution in [1.82, 2.24) is 14.8 Å². The number of primary amides is 1. The van der Waals surface area contributed by atoms with Crippen LogP contribution in [0, 0.1) is 0 Å². The van der Waals surface area contributed by atoms with Crippen molar-refractivity contribution >= 4 is 5.91 Å². The van der Waals surface area contributed by atoms with E-state index in [0.29, 0.717) is 0 Å². The van der Waals surface area contributed by atoms with Gasteiger partial charge in [-0.3, -0.25) is 20.6 Å². The van der Waals surface area contributed by atoms with Crippen molar-refractivity contribution in [3.8, 4) is 0 Å². The van der Waals surface area contributed by atoms with Crippen molar-refractivity contribution in [1.29, 1.82) is 0 Å². The molecule has 0 radical (unpaired) electrons. The second-order valence-corrected chi connectivity index (χ2v) is 3.89. The predicted molar refractivity (Wildman–Crippen MR) is 56.0 cm³/mol. The Balaban J connectivity index is 2.30. The Hall–Kier alpha value is -1.67. The Bertz CT molecular complexity index is 467. The average Bonchev–Trinajstić information content (AvgIpc) is 3.02. The van der Waals surface area contributed by atoms with E-state index in [9.17, 15) is 4.79 Å². The molecule has 20 heavy (non-hydrogen) atoms. The third kappa shape index (κ3) is 2.48. The minimum absolute atomic E-state index is 0.251. The van der Waals surface area contributed by atoms with Gasteiger partial charge < -0.3 is 10.5 Å². The third-order valence-electron chi connectivity index (χ3n) is 2.80. The molecular weight excluding hydrogens is 280 g/mol. The van der Waals surface area contributed by atoms with Crippen molar-refractivity contribution in [3.05, 3.63) is 12.2 Å².